The van der Waals surface area contributed by atoms with Gasteiger partial charge in [-0.05, 0) is 61.3 Å². The van der Waals surface area contributed by atoms with Crippen molar-refractivity contribution in [1.82, 2.24) is 35.1 Å². The number of pyridine rings is 2. The maximum atomic E-state index is 12.9. The number of carbonyl (C=O) groups is 1. The van der Waals surface area contributed by atoms with Crippen molar-refractivity contribution in [3.05, 3.63) is 42.0 Å². The largest absolute Gasteiger partial charge is 0.366 e. The zero-order valence-electron chi connectivity index (χ0n) is 21.3. The van der Waals surface area contributed by atoms with Gasteiger partial charge in [-0.3, -0.25) is 9.78 Å². The van der Waals surface area contributed by atoms with Crippen LogP contribution in [0, 0.1) is 5.41 Å². The van der Waals surface area contributed by atoms with Crippen molar-refractivity contribution in [1.29, 1.82) is 0 Å². The summed E-state index contributed by atoms with van der Waals surface area (Å²) in [5.74, 6) is 2.04. The average molecular weight is 497 g/mol. The Morgan fingerprint density at radius 3 is 2.78 bits per heavy atom. The Balaban J connectivity index is 1.37. The smallest absolute Gasteiger partial charge is 0.270 e. The van der Waals surface area contributed by atoms with Crippen LogP contribution in [0.4, 0.5) is 5.82 Å². The Hall–Kier alpha value is -3.59. The van der Waals surface area contributed by atoms with Crippen molar-refractivity contribution in [2.24, 2.45) is 5.41 Å². The lowest BCUT2D eigenvalue weighted by molar-refractivity contribution is 0.0646. The van der Waals surface area contributed by atoms with Crippen molar-refractivity contribution < 1.29 is 4.79 Å². The fraction of sp³-hybridized carbons (Fsp3) is 0.464. The SMILES string of the molecule is CC1(C)CNCC[C@@H]1Nc1nc(-c2ccnc3[nH]c(C(=O)N4CCC4)cc23)nc2cncc(C3CC3)c12. The molecule has 0 radical (unpaired) electrons. The van der Waals surface area contributed by atoms with E-state index in [0.29, 0.717) is 23.1 Å². The predicted octanol–water partition coefficient (Wildman–Crippen LogP) is 4.09. The summed E-state index contributed by atoms with van der Waals surface area (Å²) in [6.45, 7) is 8.15. The molecule has 190 valence electrons. The van der Waals surface area contributed by atoms with E-state index in [1.54, 1.807) is 6.20 Å². The average Bonchev–Trinajstić information content (AvgIpc) is 3.61. The van der Waals surface area contributed by atoms with Crippen LogP contribution in [0.2, 0.25) is 0 Å². The number of hydrogen-bond acceptors (Lipinski definition) is 7. The minimum Gasteiger partial charge on any atom is -0.366 e. The fourth-order valence-corrected chi connectivity index (χ4v) is 5.67. The van der Waals surface area contributed by atoms with E-state index in [0.717, 1.165) is 66.7 Å². The molecule has 1 atom stereocenters. The third-order valence-corrected chi connectivity index (χ3v) is 8.24. The normalized spacial score (nSPS) is 21.2. The first-order valence-corrected chi connectivity index (χ1v) is 13.4. The molecule has 0 bridgehead atoms. The minimum atomic E-state index is 0.0170. The molecular weight excluding hydrogens is 464 g/mol. The number of aromatic amines is 1. The molecule has 3 aliphatic rings. The van der Waals surface area contributed by atoms with Gasteiger partial charge in [0.1, 0.15) is 17.2 Å². The van der Waals surface area contributed by atoms with Gasteiger partial charge in [0.2, 0.25) is 0 Å². The Kier molecular flexibility index (Phi) is 5.18. The monoisotopic (exact) mass is 496 g/mol. The number of nitrogens with one attached hydrogen (secondary N) is 3. The summed E-state index contributed by atoms with van der Waals surface area (Å²) in [6.07, 6.45) is 10.0. The van der Waals surface area contributed by atoms with Gasteiger partial charge in [0.25, 0.3) is 5.91 Å². The Labute approximate surface area is 215 Å². The number of hydrogen-bond donors (Lipinski definition) is 3. The number of rotatable bonds is 5. The van der Waals surface area contributed by atoms with E-state index < -0.39 is 0 Å². The number of likely N-dealkylation sites (tertiary alicyclic amines) is 1. The molecule has 3 fully saturated rings. The zero-order chi connectivity index (χ0) is 25.1. The summed E-state index contributed by atoms with van der Waals surface area (Å²) >= 11 is 0. The second-order valence-corrected chi connectivity index (χ2v) is 11.4. The van der Waals surface area contributed by atoms with Crippen LogP contribution in [0.25, 0.3) is 33.3 Å². The lowest BCUT2D eigenvalue weighted by Crippen LogP contribution is -2.49. The van der Waals surface area contributed by atoms with Crippen molar-refractivity contribution in [2.45, 2.75) is 51.5 Å². The number of carbonyl (C=O) groups excluding carboxylic acids is 1. The molecule has 1 saturated carbocycles. The molecule has 0 aromatic carbocycles. The Bertz CT molecular complexity index is 1520. The van der Waals surface area contributed by atoms with E-state index in [-0.39, 0.29) is 17.4 Å². The highest BCUT2D eigenvalue weighted by Gasteiger charge is 2.34. The molecule has 2 saturated heterocycles. The van der Waals surface area contributed by atoms with Crippen molar-refractivity contribution in [3.8, 4) is 11.4 Å². The summed E-state index contributed by atoms with van der Waals surface area (Å²) in [5, 5.41) is 9.31. The Morgan fingerprint density at radius 2 is 2.03 bits per heavy atom. The third kappa shape index (κ3) is 3.92. The number of amides is 1. The lowest BCUT2D eigenvalue weighted by Gasteiger charge is -2.40. The molecule has 0 spiro atoms. The quantitative estimate of drug-likeness (QED) is 0.382. The summed E-state index contributed by atoms with van der Waals surface area (Å²) in [5.41, 5.74) is 4.25. The van der Waals surface area contributed by atoms with E-state index in [9.17, 15) is 4.79 Å². The van der Waals surface area contributed by atoms with Gasteiger partial charge in [0, 0.05) is 54.4 Å². The third-order valence-electron chi connectivity index (χ3n) is 8.24. The molecule has 3 N–H and O–H groups in total. The van der Waals surface area contributed by atoms with Gasteiger partial charge >= 0.3 is 0 Å². The topological polar surface area (TPSA) is 112 Å². The van der Waals surface area contributed by atoms with Gasteiger partial charge in [-0.1, -0.05) is 13.8 Å². The first kappa shape index (κ1) is 22.6. The van der Waals surface area contributed by atoms with Gasteiger partial charge < -0.3 is 20.5 Å². The maximum absolute atomic E-state index is 12.9. The van der Waals surface area contributed by atoms with E-state index in [4.69, 9.17) is 9.97 Å². The standard InChI is InChI=1S/C28H32N8O/c1-28(2)15-29-8-7-22(28)34-26-23-19(16-4-5-16)13-30-14-21(23)33-25(35-26)17-6-9-31-24-18(17)12-20(32-24)27(37)36-10-3-11-36/h6,9,12-14,16,22,29H,3-5,7-8,10-11,15H2,1-2H3,(H,31,32)(H,33,34,35)/t22-/m0/s1. The van der Waals surface area contributed by atoms with Crippen LogP contribution in [-0.2, 0) is 0 Å². The molecule has 4 aromatic rings. The molecular formula is C28H32N8O. The summed E-state index contributed by atoms with van der Waals surface area (Å²) < 4.78 is 0. The van der Waals surface area contributed by atoms with Gasteiger partial charge in [-0.25, -0.2) is 15.0 Å². The molecule has 2 aliphatic heterocycles. The van der Waals surface area contributed by atoms with E-state index in [1.165, 1.54) is 18.4 Å². The fourth-order valence-electron chi connectivity index (χ4n) is 5.67. The van der Waals surface area contributed by atoms with Crippen LogP contribution in [0.5, 0.6) is 0 Å². The molecule has 4 aromatic heterocycles. The second-order valence-electron chi connectivity index (χ2n) is 11.4. The van der Waals surface area contributed by atoms with Gasteiger partial charge in [0.15, 0.2) is 5.82 Å². The molecule has 37 heavy (non-hydrogen) atoms. The van der Waals surface area contributed by atoms with Gasteiger partial charge in [-0.15, -0.1) is 0 Å². The first-order valence-electron chi connectivity index (χ1n) is 13.4. The van der Waals surface area contributed by atoms with E-state index in [2.05, 4.69) is 39.4 Å². The summed E-state index contributed by atoms with van der Waals surface area (Å²) in [4.78, 5) is 37.2. The van der Waals surface area contributed by atoms with Crippen LogP contribution in [0.1, 0.15) is 61.5 Å². The molecule has 6 heterocycles. The number of aromatic nitrogens is 5. The second kappa shape index (κ2) is 8.48. The minimum absolute atomic E-state index is 0.0170. The van der Waals surface area contributed by atoms with Crippen molar-refractivity contribution in [3.63, 3.8) is 0 Å². The van der Waals surface area contributed by atoms with Crippen LogP contribution >= 0.6 is 0 Å². The highest BCUT2D eigenvalue weighted by Crippen LogP contribution is 2.45. The first-order chi connectivity index (χ1) is 18.0. The Morgan fingerprint density at radius 1 is 1.16 bits per heavy atom. The van der Waals surface area contributed by atoms with Crippen LogP contribution < -0.4 is 10.6 Å². The molecule has 7 rings (SSSR count). The highest BCUT2D eigenvalue weighted by molar-refractivity contribution is 6.02. The van der Waals surface area contributed by atoms with E-state index >= 15 is 0 Å². The van der Waals surface area contributed by atoms with Crippen LogP contribution in [-0.4, -0.2) is 67.9 Å². The highest BCUT2D eigenvalue weighted by atomic mass is 16.2. The number of fused-ring (bicyclic) bond motifs is 2. The molecule has 9 nitrogen and oxygen atoms in total. The van der Waals surface area contributed by atoms with Gasteiger partial charge in [-0.2, -0.15) is 0 Å². The molecule has 1 amide bonds. The van der Waals surface area contributed by atoms with Crippen LogP contribution in [0.15, 0.2) is 30.7 Å². The molecule has 1 aliphatic carbocycles. The van der Waals surface area contributed by atoms with Crippen molar-refractivity contribution in [2.75, 3.05) is 31.5 Å². The van der Waals surface area contributed by atoms with Crippen molar-refractivity contribution >= 4 is 33.7 Å². The van der Waals surface area contributed by atoms with Gasteiger partial charge in [0.05, 0.1) is 11.7 Å². The van der Waals surface area contributed by atoms with Crippen LogP contribution in [0.3, 0.4) is 0 Å². The summed E-state index contributed by atoms with van der Waals surface area (Å²) in [6, 6.07) is 4.12. The molecule has 9 heteroatoms. The number of piperidine rings is 1. The predicted molar refractivity (Wildman–Crippen MR) is 144 cm³/mol. The number of nitrogens with zero attached hydrogens (tertiary/aromatic N) is 5. The summed E-state index contributed by atoms with van der Waals surface area (Å²) in [7, 11) is 0. The number of H-pyrrole nitrogens is 1. The molecule has 0 unspecified atom stereocenters. The van der Waals surface area contributed by atoms with E-state index in [1.807, 2.05) is 29.4 Å². The zero-order valence-corrected chi connectivity index (χ0v) is 21.3. The number of anilines is 1. The lowest BCUT2D eigenvalue weighted by atomic mass is 9.80. The maximum Gasteiger partial charge on any atom is 0.270 e.